The molecule has 0 bridgehead atoms. The Labute approximate surface area is 65.6 Å². The molecule has 1 aliphatic carbocycles. The number of oxazole rings is 1. The van der Waals surface area contributed by atoms with Crippen LogP contribution in [0.1, 0.15) is 25.2 Å². The summed E-state index contributed by atoms with van der Waals surface area (Å²) in [6, 6.07) is 0. The van der Waals surface area contributed by atoms with Crippen LogP contribution in [0.4, 0.5) is 0 Å². The van der Waals surface area contributed by atoms with Crippen LogP contribution in [0.25, 0.3) is 0 Å². The number of aryl methyl sites for hydroxylation is 1. The molecule has 0 atom stereocenters. The predicted octanol–water partition coefficient (Wildman–Crippen LogP) is 1.10. The van der Waals surface area contributed by atoms with Gasteiger partial charge in [-0.2, -0.15) is 0 Å². The third-order valence-corrected chi connectivity index (χ3v) is 2.21. The second kappa shape index (κ2) is 2.34. The summed E-state index contributed by atoms with van der Waals surface area (Å²) in [6.07, 6.45) is 7.48. The summed E-state index contributed by atoms with van der Waals surface area (Å²) in [6.45, 7) is 0. The van der Waals surface area contributed by atoms with E-state index in [1.165, 1.54) is 0 Å². The second-order valence-corrected chi connectivity index (χ2v) is 3.29. The number of aromatic nitrogens is 1. The molecule has 0 amide bonds. The second-order valence-electron chi connectivity index (χ2n) is 3.29. The van der Waals surface area contributed by atoms with Crippen LogP contribution in [0, 0.1) is 0 Å². The highest BCUT2D eigenvalue weighted by Crippen LogP contribution is 2.36. The van der Waals surface area contributed by atoms with E-state index in [0.29, 0.717) is 0 Å². The van der Waals surface area contributed by atoms with Gasteiger partial charge in [0.2, 0.25) is 0 Å². The van der Waals surface area contributed by atoms with Crippen LogP contribution in [0.15, 0.2) is 16.9 Å². The molecule has 1 aromatic rings. The fraction of sp³-hybridized carbons (Fsp3) is 0.625. The van der Waals surface area contributed by atoms with E-state index in [-0.39, 0.29) is 5.54 Å². The van der Waals surface area contributed by atoms with Gasteiger partial charge >= 0.3 is 0 Å². The van der Waals surface area contributed by atoms with Gasteiger partial charge in [0.15, 0.2) is 5.89 Å². The standard InChI is InChI=1S/C8H12N2O/c9-8(3-4-8)2-1-7-10-5-6-11-7/h5-6H,1-4,9H2. The van der Waals surface area contributed by atoms with Crippen LogP contribution in [-0.2, 0) is 6.42 Å². The van der Waals surface area contributed by atoms with Gasteiger partial charge in [0.1, 0.15) is 6.26 Å². The fourth-order valence-corrected chi connectivity index (χ4v) is 1.14. The Bertz CT molecular complexity index is 226. The summed E-state index contributed by atoms with van der Waals surface area (Å²) in [5.41, 5.74) is 6.01. The molecule has 11 heavy (non-hydrogen) atoms. The average molecular weight is 152 g/mol. The van der Waals surface area contributed by atoms with Crippen LogP contribution in [0.2, 0.25) is 0 Å². The van der Waals surface area contributed by atoms with Crippen molar-refractivity contribution in [3.8, 4) is 0 Å². The zero-order valence-corrected chi connectivity index (χ0v) is 6.42. The van der Waals surface area contributed by atoms with Gasteiger partial charge in [-0.1, -0.05) is 0 Å². The molecule has 1 saturated carbocycles. The minimum absolute atomic E-state index is 0.120. The molecule has 2 N–H and O–H groups in total. The lowest BCUT2D eigenvalue weighted by Gasteiger charge is -2.04. The van der Waals surface area contributed by atoms with Gasteiger partial charge in [-0.05, 0) is 19.3 Å². The van der Waals surface area contributed by atoms with Crippen LogP contribution in [-0.4, -0.2) is 10.5 Å². The van der Waals surface area contributed by atoms with E-state index in [0.717, 1.165) is 31.6 Å². The number of nitrogens with zero attached hydrogens (tertiary/aromatic N) is 1. The number of rotatable bonds is 3. The molecule has 2 rings (SSSR count). The molecule has 1 aliphatic rings. The van der Waals surface area contributed by atoms with Gasteiger partial charge in [-0.25, -0.2) is 4.98 Å². The molecule has 0 aliphatic heterocycles. The highest BCUT2D eigenvalue weighted by Gasteiger charge is 2.37. The van der Waals surface area contributed by atoms with Gasteiger partial charge < -0.3 is 10.2 Å². The van der Waals surface area contributed by atoms with Crippen molar-refractivity contribution in [3.05, 3.63) is 18.4 Å². The van der Waals surface area contributed by atoms with E-state index in [1.54, 1.807) is 12.5 Å². The molecular weight excluding hydrogens is 140 g/mol. The largest absolute Gasteiger partial charge is 0.449 e. The van der Waals surface area contributed by atoms with Gasteiger partial charge in [-0.15, -0.1) is 0 Å². The van der Waals surface area contributed by atoms with Crippen LogP contribution >= 0.6 is 0 Å². The minimum atomic E-state index is 0.120. The first-order valence-electron chi connectivity index (χ1n) is 3.96. The Morgan fingerprint density at radius 3 is 3.00 bits per heavy atom. The van der Waals surface area contributed by atoms with Crippen molar-refractivity contribution in [2.75, 3.05) is 0 Å². The average Bonchev–Trinajstić information content (AvgIpc) is 2.53. The summed E-state index contributed by atoms with van der Waals surface area (Å²) in [4.78, 5) is 4.02. The van der Waals surface area contributed by atoms with Crippen molar-refractivity contribution in [2.45, 2.75) is 31.2 Å². The predicted molar refractivity (Wildman–Crippen MR) is 41.0 cm³/mol. The lowest BCUT2D eigenvalue weighted by atomic mass is 10.1. The Morgan fingerprint density at radius 1 is 1.64 bits per heavy atom. The number of hydrogen-bond donors (Lipinski definition) is 1. The first kappa shape index (κ1) is 6.85. The molecule has 1 fully saturated rings. The van der Waals surface area contributed by atoms with E-state index in [4.69, 9.17) is 10.2 Å². The molecule has 1 heterocycles. The van der Waals surface area contributed by atoms with Crippen molar-refractivity contribution in [3.63, 3.8) is 0 Å². The Kier molecular flexibility index (Phi) is 1.46. The van der Waals surface area contributed by atoms with E-state index in [1.807, 2.05) is 0 Å². The summed E-state index contributed by atoms with van der Waals surface area (Å²) >= 11 is 0. The van der Waals surface area contributed by atoms with Crippen LogP contribution in [0.3, 0.4) is 0 Å². The van der Waals surface area contributed by atoms with Gasteiger partial charge in [-0.3, -0.25) is 0 Å². The lowest BCUT2D eigenvalue weighted by molar-refractivity contribution is 0.467. The summed E-state index contributed by atoms with van der Waals surface area (Å²) < 4.78 is 5.09. The molecule has 0 unspecified atom stereocenters. The van der Waals surface area contributed by atoms with Crippen molar-refractivity contribution in [2.24, 2.45) is 5.73 Å². The minimum Gasteiger partial charge on any atom is -0.449 e. The zero-order chi connectivity index (χ0) is 7.73. The Balaban J connectivity index is 1.83. The first-order chi connectivity index (χ1) is 5.29. The fourth-order valence-electron chi connectivity index (χ4n) is 1.14. The van der Waals surface area contributed by atoms with E-state index < -0.39 is 0 Å². The smallest absolute Gasteiger partial charge is 0.193 e. The third kappa shape index (κ3) is 1.60. The van der Waals surface area contributed by atoms with E-state index >= 15 is 0 Å². The van der Waals surface area contributed by atoms with Gasteiger partial charge in [0, 0.05) is 12.0 Å². The van der Waals surface area contributed by atoms with Crippen LogP contribution < -0.4 is 5.73 Å². The molecule has 3 heteroatoms. The third-order valence-electron chi connectivity index (χ3n) is 2.21. The van der Waals surface area contributed by atoms with Crippen LogP contribution in [0.5, 0.6) is 0 Å². The first-order valence-corrected chi connectivity index (χ1v) is 3.96. The van der Waals surface area contributed by atoms with E-state index in [2.05, 4.69) is 4.98 Å². The van der Waals surface area contributed by atoms with Gasteiger partial charge in [0.05, 0.1) is 6.20 Å². The maximum atomic E-state index is 5.89. The number of nitrogens with two attached hydrogens (primary N) is 1. The summed E-state index contributed by atoms with van der Waals surface area (Å²) in [5.74, 6) is 0.807. The Morgan fingerprint density at radius 2 is 2.45 bits per heavy atom. The highest BCUT2D eigenvalue weighted by molar-refractivity contribution is 5.00. The molecule has 3 nitrogen and oxygen atoms in total. The summed E-state index contributed by atoms with van der Waals surface area (Å²) in [7, 11) is 0. The SMILES string of the molecule is NC1(CCc2ncco2)CC1. The maximum Gasteiger partial charge on any atom is 0.193 e. The van der Waals surface area contributed by atoms with Gasteiger partial charge in [0.25, 0.3) is 0 Å². The molecular formula is C8H12N2O. The zero-order valence-electron chi connectivity index (χ0n) is 6.42. The molecule has 0 aromatic carbocycles. The molecule has 60 valence electrons. The van der Waals surface area contributed by atoms with E-state index in [9.17, 15) is 0 Å². The monoisotopic (exact) mass is 152 g/mol. The number of hydrogen-bond acceptors (Lipinski definition) is 3. The highest BCUT2D eigenvalue weighted by atomic mass is 16.3. The molecule has 1 aromatic heterocycles. The topological polar surface area (TPSA) is 52.0 Å². The normalized spacial score (nSPS) is 20.1. The Hall–Kier alpha value is -0.830. The summed E-state index contributed by atoms with van der Waals surface area (Å²) in [5, 5.41) is 0. The quantitative estimate of drug-likeness (QED) is 0.705. The van der Waals surface area contributed by atoms with Crippen molar-refractivity contribution in [1.29, 1.82) is 0 Å². The molecule has 0 saturated heterocycles. The maximum absolute atomic E-state index is 5.89. The molecule has 0 spiro atoms. The van der Waals surface area contributed by atoms with Crippen molar-refractivity contribution in [1.82, 2.24) is 4.98 Å². The van der Waals surface area contributed by atoms with Crippen molar-refractivity contribution >= 4 is 0 Å². The molecule has 0 radical (unpaired) electrons. The lowest BCUT2D eigenvalue weighted by Crippen LogP contribution is -2.22. The van der Waals surface area contributed by atoms with Crippen molar-refractivity contribution < 1.29 is 4.42 Å².